The zero-order chi connectivity index (χ0) is 23.5. The molecule has 1 N–H and O–H groups in total. The van der Waals surface area contributed by atoms with E-state index < -0.39 is 23.9 Å². The highest BCUT2D eigenvalue weighted by Gasteiger charge is 2.35. The minimum Gasteiger partial charge on any atom is -0.373 e. The van der Waals surface area contributed by atoms with E-state index >= 15 is 0 Å². The van der Waals surface area contributed by atoms with Gasteiger partial charge in [0.25, 0.3) is 0 Å². The summed E-state index contributed by atoms with van der Waals surface area (Å²) in [6.07, 6.45) is -4.55. The molecule has 0 saturated heterocycles. The number of halogens is 3. The number of hydrogen-bond acceptors (Lipinski definition) is 5. The Labute approximate surface area is 186 Å². The number of rotatable bonds is 1. The number of nitrogens with one attached hydrogen (secondary N) is 1. The first-order valence-electron chi connectivity index (χ1n) is 10.4. The lowest BCUT2D eigenvalue weighted by Gasteiger charge is -2.26. The minimum atomic E-state index is -4.55. The van der Waals surface area contributed by atoms with Crippen molar-refractivity contribution in [3.8, 4) is 0 Å². The van der Waals surface area contributed by atoms with Crippen molar-refractivity contribution in [2.24, 2.45) is 0 Å². The lowest BCUT2D eigenvalue weighted by Crippen LogP contribution is -2.38. The average molecular weight is 455 g/mol. The number of aryl methyl sites for hydroxylation is 3. The molecule has 1 aliphatic heterocycles. The van der Waals surface area contributed by atoms with Gasteiger partial charge in [0.05, 0.1) is 41.9 Å². The van der Waals surface area contributed by atoms with Crippen LogP contribution in [-0.2, 0) is 17.5 Å². The van der Waals surface area contributed by atoms with Crippen molar-refractivity contribution in [1.82, 2.24) is 25.1 Å². The minimum absolute atomic E-state index is 0.0518. The molecule has 7 nitrogen and oxygen atoms in total. The second kappa shape index (κ2) is 7.51. The highest BCUT2D eigenvalue weighted by atomic mass is 19.4. The van der Waals surface area contributed by atoms with Gasteiger partial charge in [0, 0.05) is 16.3 Å². The molecule has 33 heavy (non-hydrogen) atoms. The first kappa shape index (κ1) is 21.3. The molecule has 0 spiro atoms. The summed E-state index contributed by atoms with van der Waals surface area (Å²) in [5.41, 5.74) is 3.45. The van der Waals surface area contributed by atoms with E-state index in [0.29, 0.717) is 22.5 Å². The number of hydrogen-bond donors (Lipinski definition) is 1. The number of pyridine rings is 2. The molecule has 0 bridgehead atoms. The number of nitrogens with zero attached hydrogens (tertiary/aromatic N) is 4. The van der Waals surface area contributed by atoms with Crippen molar-refractivity contribution in [1.29, 1.82) is 0 Å². The van der Waals surface area contributed by atoms with Crippen LogP contribution in [0.1, 0.15) is 39.9 Å². The molecular formula is C23H20F3N5O2. The quantitative estimate of drug-likeness (QED) is 0.448. The summed E-state index contributed by atoms with van der Waals surface area (Å²) in [5.74, 6) is 0. The van der Waals surface area contributed by atoms with E-state index in [-0.39, 0.29) is 18.9 Å². The fraction of sp³-hybridized carbons (Fsp3) is 0.304. The summed E-state index contributed by atoms with van der Waals surface area (Å²) in [7, 11) is 0. The van der Waals surface area contributed by atoms with Crippen molar-refractivity contribution in [3.63, 3.8) is 0 Å². The van der Waals surface area contributed by atoms with Gasteiger partial charge in [0.15, 0.2) is 0 Å². The number of para-hydroxylation sites is 1. The third kappa shape index (κ3) is 3.50. The number of amides is 1. The maximum absolute atomic E-state index is 13.2. The number of benzene rings is 1. The highest BCUT2D eigenvalue weighted by Crippen LogP contribution is 2.33. The zero-order valence-electron chi connectivity index (χ0n) is 18.1. The summed E-state index contributed by atoms with van der Waals surface area (Å²) in [4.78, 5) is 21.6. The predicted octanol–water partition coefficient (Wildman–Crippen LogP) is 4.75. The number of aromatic nitrogens is 4. The molecule has 10 heteroatoms. The van der Waals surface area contributed by atoms with Crippen molar-refractivity contribution in [2.45, 2.75) is 39.6 Å². The van der Waals surface area contributed by atoms with E-state index in [9.17, 15) is 18.0 Å². The molecule has 0 aliphatic carbocycles. The van der Waals surface area contributed by atoms with Crippen molar-refractivity contribution >= 4 is 27.8 Å². The van der Waals surface area contributed by atoms with Crippen LogP contribution in [0.15, 0.2) is 30.3 Å². The fourth-order valence-electron chi connectivity index (χ4n) is 4.36. The van der Waals surface area contributed by atoms with Gasteiger partial charge in [-0.15, -0.1) is 0 Å². The number of fused-ring (bicyclic) bond motifs is 4. The molecule has 0 fully saturated rings. The molecule has 0 radical (unpaired) electrons. The van der Waals surface area contributed by atoms with Crippen LogP contribution in [0.4, 0.5) is 18.0 Å². The standard InChI is InChI=1S/C23H20F3N5O2/c1-11-5-4-6-15-19-12(2)30-31(21(19)13(3)27-20(11)15)22(32)29-17-10-33-9-16-14(17)7-8-18(28-16)23(24,25)26/h4-8,17H,9-10H2,1-3H3,(H,29,32)/t17-/m1/s1. The smallest absolute Gasteiger partial charge is 0.373 e. The Hall–Kier alpha value is -3.53. The second-order valence-electron chi connectivity index (χ2n) is 8.14. The third-order valence-corrected chi connectivity index (χ3v) is 5.88. The van der Waals surface area contributed by atoms with E-state index in [1.807, 2.05) is 39.0 Å². The van der Waals surface area contributed by atoms with Crippen LogP contribution < -0.4 is 5.32 Å². The summed E-state index contributed by atoms with van der Waals surface area (Å²) >= 11 is 0. The number of carbonyl (C=O) groups is 1. The second-order valence-corrected chi connectivity index (χ2v) is 8.14. The van der Waals surface area contributed by atoms with E-state index in [0.717, 1.165) is 27.9 Å². The lowest BCUT2D eigenvalue weighted by atomic mass is 10.0. The van der Waals surface area contributed by atoms with Crippen LogP contribution in [0, 0.1) is 20.8 Å². The van der Waals surface area contributed by atoms with Crippen molar-refractivity contribution < 1.29 is 22.7 Å². The maximum atomic E-state index is 13.2. The summed E-state index contributed by atoms with van der Waals surface area (Å²) in [5, 5.41) is 9.03. The van der Waals surface area contributed by atoms with E-state index in [4.69, 9.17) is 9.72 Å². The lowest BCUT2D eigenvalue weighted by molar-refractivity contribution is -0.141. The largest absolute Gasteiger partial charge is 0.433 e. The van der Waals surface area contributed by atoms with Gasteiger partial charge in [-0.2, -0.15) is 23.0 Å². The molecule has 1 atom stereocenters. The van der Waals surface area contributed by atoms with Crippen LogP contribution in [0.2, 0.25) is 0 Å². The van der Waals surface area contributed by atoms with Crippen LogP contribution >= 0.6 is 0 Å². The Kier molecular flexibility index (Phi) is 4.86. The Morgan fingerprint density at radius 3 is 2.67 bits per heavy atom. The summed E-state index contributed by atoms with van der Waals surface area (Å²) in [6, 6.07) is 6.93. The van der Waals surface area contributed by atoms with Gasteiger partial charge in [-0.05, 0) is 32.4 Å². The molecule has 3 aromatic heterocycles. The van der Waals surface area contributed by atoms with E-state index in [2.05, 4.69) is 15.4 Å². The van der Waals surface area contributed by atoms with Gasteiger partial charge in [-0.1, -0.05) is 24.3 Å². The Bertz CT molecular complexity index is 1430. The normalized spacial score (nSPS) is 16.2. The number of carbonyl (C=O) groups excluding carboxylic acids is 1. The van der Waals surface area contributed by atoms with Gasteiger partial charge in [-0.25, -0.2) is 9.78 Å². The SMILES string of the molecule is Cc1cccc2c1nc(C)c1c2c(C)nn1C(=O)N[C@@H]1COCc2nc(C(F)(F)F)ccc21. The molecule has 0 unspecified atom stereocenters. The first-order chi connectivity index (χ1) is 15.6. The van der Waals surface area contributed by atoms with Crippen molar-refractivity contribution in [2.75, 3.05) is 6.61 Å². The number of ether oxygens (including phenoxy) is 1. The molecule has 4 aromatic rings. The zero-order valence-corrected chi connectivity index (χ0v) is 18.1. The molecule has 1 aromatic carbocycles. The van der Waals surface area contributed by atoms with Gasteiger partial charge >= 0.3 is 12.2 Å². The molecule has 0 saturated carbocycles. The molecular weight excluding hydrogens is 435 g/mol. The van der Waals surface area contributed by atoms with Crippen LogP contribution in [-0.4, -0.2) is 32.4 Å². The van der Waals surface area contributed by atoms with Gasteiger partial charge in [0.1, 0.15) is 11.2 Å². The maximum Gasteiger partial charge on any atom is 0.433 e. The third-order valence-electron chi connectivity index (χ3n) is 5.88. The van der Waals surface area contributed by atoms with E-state index in [1.54, 1.807) is 0 Å². The van der Waals surface area contributed by atoms with Crippen LogP contribution in [0.25, 0.3) is 21.8 Å². The molecule has 1 aliphatic rings. The monoisotopic (exact) mass is 455 g/mol. The first-order valence-corrected chi connectivity index (χ1v) is 10.4. The van der Waals surface area contributed by atoms with Crippen LogP contribution in [0.3, 0.4) is 0 Å². The molecule has 4 heterocycles. The summed E-state index contributed by atoms with van der Waals surface area (Å²) < 4.78 is 45.7. The molecule has 5 rings (SSSR count). The topological polar surface area (TPSA) is 81.9 Å². The predicted molar refractivity (Wildman–Crippen MR) is 115 cm³/mol. The highest BCUT2D eigenvalue weighted by molar-refractivity contribution is 6.09. The Balaban J connectivity index is 1.54. The fourth-order valence-corrected chi connectivity index (χ4v) is 4.36. The molecule has 1 amide bonds. The van der Waals surface area contributed by atoms with Crippen molar-refractivity contribution in [3.05, 3.63) is 64.2 Å². The average Bonchev–Trinajstić information content (AvgIpc) is 3.12. The van der Waals surface area contributed by atoms with Gasteiger partial charge < -0.3 is 10.1 Å². The Morgan fingerprint density at radius 2 is 1.91 bits per heavy atom. The Morgan fingerprint density at radius 1 is 1.12 bits per heavy atom. The van der Waals surface area contributed by atoms with E-state index in [1.165, 1.54) is 10.7 Å². The number of alkyl halides is 3. The van der Waals surface area contributed by atoms with Gasteiger partial charge in [0.2, 0.25) is 0 Å². The molecule has 170 valence electrons. The summed E-state index contributed by atoms with van der Waals surface area (Å²) in [6.45, 7) is 5.69. The van der Waals surface area contributed by atoms with Crippen LogP contribution in [0.5, 0.6) is 0 Å². The van der Waals surface area contributed by atoms with Gasteiger partial charge in [-0.3, -0.25) is 4.98 Å².